The third-order valence-corrected chi connectivity index (χ3v) is 2.80. The number of anilines is 2. The highest BCUT2D eigenvalue weighted by Crippen LogP contribution is 2.28. The number of nitrogens with two attached hydrogens (primary N) is 1. The van der Waals surface area contributed by atoms with Crippen molar-refractivity contribution >= 4 is 28.3 Å². The van der Waals surface area contributed by atoms with Crippen LogP contribution in [-0.4, -0.2) is 35.9 Å². The summed E-state index contributed by atoms with van der Waals surface area (Å²) < 4.78 is 4.70. The number of nitrogen functional groups attached to an aromatic ring is 1. The Morgan fingerprint density at radius 3 is 3.00 bits per heavy atom. The Balaban J connectivity index is 2.08. The van der Waals surface area contributed by atoms with Gasteiger partial charge in [0.1, 0.15) is 0 Å². The maximum atomic E-state index is 11.4. The Labute approximate surface area is 96.5 Å². The number of rotatable bonds is 1. The summed E-state index contributed by atoms with van der Waals surface area (Å²) in [5.74, 6) is -0.00215. The van der Waals surface area contributed by atoms with E-state index in [1.165, 1.54) is 0 Å². The van der Waals surface area contributed by atoms with Gasteiger partial charge in [-0.25, -0.2) is 4.63 Å². The van der Waals surface area contributed by atoms with Crippen molar-refractivity contribution in [1.29, 1.82) is 0 Å². The van der Waals surface area contributed by atoms with Crippen LogP contribution in [0.1, 0.15) is 0 Å². The largest absolute Gasteiger partial charge is 0.397 e. The molecule has 1 aliphatic rings. The lowest BCUT2D eigenvalue weighted by Crippen LogP contribution is -2.47. The molecule has 1 aromatic heterocycles. The molecule has 2 aromatic rings. The molecular formula is C10H11N5O2. The van der Waals surface area contributed by atoms with Crippen molar-refractivity contribution < 1.29 is 9.42 Å². The lowest BCUT2D eigenvalue weighted by atomic mass is 10.2. The van der Waals surface area contributed by atoms with Gasteiger partial charge in [0.05, 0.1) is 17.9 Å². The highest BCUT2D eigenvalue weighted by atomic mass is 16.6. The number of hydrogen-bond donors (Lipinski definition) is 2. The first kappa shape index (κ1) is 9.88. The van der Waals surface area contributed by atoms with Crippen LogP contribution in [0.15, 0.2) is 16.8 Å². The van der Waals surface area contributed by atoms with Gasteiger partial charge in [0.15, 0.2) is 11.0 Å². The molecule has 2 heterocycles. The first-order valence-electron chi connectivity index (χ1n) is 5.28. The van der Waals surface area contributed by atoms with Crippen LogP contribution in [0.2, 0.25) is 0 Å². The summed E-state index contributed by atoms with van der Waals surface area (Å²) in [5.41, 5.74) is 8.24. The molecule has 1 fully saturated rings. The van der Waals surface area contributed by atoms with Crippen LogP contribution < -0.4 is 16.0 Å². The zero-order valence-electron chi connectivity index (χ0n) is 9.01. The summed E-state index contributed by atoms with van der Waals surface area (Å²) in [7, 11) is 0. The monoisotopic (exact) mass is 233 g/mol. The SMILES string of the molecule is Nc1ccc(N2CCNC(=O)C2)c2nonc12. The van der Waals surface area contributed by atoms with Crippen LogP contribution in [0.25, 0.3) is 11.0 Å². The average Bonchev–Trinajstić information content (AvgIpc) is 2.79. The Morgan fingerprint density at radius 1 is 1.35 bits per heavy atom. The molecule has 1 saturated heterocycles. The first-order valence-corrected chi connectivity index (χ1v) is 5.28. The van der Waals surface area contributed by atoms with Gasteiger partial charge in [-0.05, 0) is 22.4 Å². The predicted molar refractivity (Wildman–Crippen MR) is 61.4 cm³/mol. The molecule has 0 bridgehead atoms. The van der Waals surface area contributed by atoms with E-state index >= 15 is 0 Å². The third kappa shape index (κ3) is 1.55. The number of carbonyl (C=O) groups excluding carboxylic acids is 1. The molecule has 0 aliphatic carbocycles. The van der Waals surface area contributed by atoms with Gasteiger partial charge in [-0.1, -0.05) is 0 Å². The fourth-order valence-corrected chi connectivity index (χ4v) is 1.97. The van der Waals surface area contributed by atoms with E-state index in [4.69, 9.17) is 10.4 Å². The van der Waals surface area contributed by atoms with E-state index in [-0.39, 0.29) is 5.91 Å². The van der Waals surface area contributed by atoms with E-state index in [0.29, 0.717) is 29.8 Å². The second kappa shape index (κ2) is 3.62. The van der Waals surface area contributed by atoms with Crippen molar-refractivity contribution in [2.24, 2.45) is 0 Å². The zero-order chi connectivity index (χ0) is 11.8. The number of amides is 1. The molecule has 0 unspecified atom stereocenters. The first-order chi connectivity index (χ1) is 8.25. The van der Waals surface area contributed by atoms with Gasteiger partial charge in [0.25, 0.3) is 0 Å². The van der Waals surface area contributed by atoms with E-state index in [1.54, 1.807) is 6.07 Å². The smallest absolute Gasteiger partial charge is 0.239 e. The summed E-state index contributed by atoms with van der Waals surface area (Å²) >= 11 is 0. The van der Waals surface area contributed by atoms with E-state index in [1.807, 2.05) is 11.0 Å². The van der Waals surface area contributed by atoms with Crippen LogP contribution in [-0.2, 0) is 4.79 Å². The molecule has 0 atom stereocenters. The number of benzene rings is 1. The molecular weight excluding hydrogens is 222 g/mol. The molecule has 3 rings (SSSR count). The molecule has 1 aromatic carbocycles. The standard InChI is InChI=1S/C10H11N5O2/c11-6-1-2-7(10-9(6)13-17-14-10)15-4-3-12-8(16)5-15/h1-2H,3-5,11H2,(H,12,16). The maximum absolute atomic E-state index is 11.4. The van der Waals surface area contributed by atoms with Gasteiger partial charge in [-0.15, -0.1) is 0 Å². The Kier molecular flexibility index (Phi) is 2.10. The fourth-order valence-electron chi connectivity index (χ4n) is 1.97. The number of fused-ring (bicyclic) bond motifs is 1. The fraction of sp³-hybridized carbons (Fsp3) is 0.300. The van der Waals surface area contributed by atoms with Crippen LogP contribution in [0.4, 0.5) is 11.4 Å². The highest BCUT2D eigenvalue weighted by Gasteiger charge is 2.20. The van der Waals surface area contributed by atoms with Crippen LogP contribution >= 0.6 is 0 Å². The van der Waals surface area contributed by atoms with E-state index in [2.05, 4.69) is 15.6 Å². The van der Waals surface area contributed by atoms with Crippen LogP contribution in [0, 0.1) is 0 Å². The average molecular weight is 233 g/mol. The van der Waals surface area contributed by atoms with Crippen molar-refractivity contribution in [3.8, 4) is 0 Å². The van der Waals surface area contributed by atoms with Gasteiger partial charge in [-0.2, -0.15) is 0 Å². The Hall–Kier alpha value is -2.31. The minimum absolute atomic E-state index is 0.00215. The Bertz CT molecular complexity index is 579. The van der Waals surface area contributed by atoms with Gasteiger partial charge in [0.2, 0.25) is 5.91 Å². The lowest BCUT2D eigenvalue weighted by molar-refractivity contribution is -0.120. The van der Waals surface area contributed by atoms with Crippen molar-refractivity contribution in [3.05, 3.63) is 12.1 Å². The molecule has 0 radical (unpaired) electrons. The molecule has 88 valence electrons. The van der Waals surface area contributed by atoms with Crippen LogP contribution in [0.5, 0.6) is 0 Å². The summed E-state index contributed by atoms with van der Waals surface area (Å²) in [4.78, 5) is 13.3. The number of hydrogen-bond acceptors (Lipinski definition) is 6. The highest BCUT2D eigenvalue weighted by molar-refractivity contribution is 5.96. The van der Waals surface area contributed by atoms with Gasteiger partial charge in [0, 0.05) is 13.1 Å². The van der Waals surface area contributed by atoms with Crippen molar-refractivity contribution in [2.45, 2.75) is 0 Å². The van der Waals surface area contributed by atoms with Crippen LogP contribution in [0.3, 0.4) is 0 Å². The van der Waals surface area contributed by atoms with Gasteiger partial charge >= 0.3 is 0 Å². The molecule has 0 spiro atoms. The molecule has 17 heavy (non-hydrogen) atoms. The normalized spacial score (nSPS) is 16.2. The minimum Gasteiger partial charge on any atom is -0.397 e. The molecule has 3 N–H and O–H groups in total. The quantitative estimate of drug-likeness (QED) is 0.659. The van der Waals surface area contributed by atoms with Crippen molar-refractivity contribution in [1.82, 2.24) is 15.6 Å². The van der Waals surface area contributed by atoms with Gasteiger partial charge in [-0.3, -0.25) is 4.79 Å². The molecule has 1 aliphatic heterocycles. The number of piperazine rings is 1. The lowest BCUT2D eigenvalue weighted by Gasteiger charge is -2.28. The molecule has 1 amide bonds. The zero-order valence-corrected chi connectivity index (χ0v) is 9.01. The predicted octanol–water partition coefficient (Wildman–Crippen LogP) is -0.259. The van der Waals surface area contributed by atoms with Gasteiger partial charge < -0.3 is 16.0 Å². The number of nitrogens with zero attached hydrogens (tertiary/aromatic N) is 3. The molecule has 7 nitrogen and oxygen atoms in total. The second-order valence-electron chi connectivity index (χ2n) is 3.91. The summed E-state index contributed by atoms with van der Waals surface area (Å²) in [6, 6.07) is 3.58. The van der Waals surface area contributed by atoms with Crippen molar-refractivity contribution in [3.63, 3.8) is 0 Å². The second-order valence-corrected chi connectivity index (χ2v) is 3.91. The maximum Gasteiger partial charge on any atom is 0.239 e. The van der Waals surface area contributed by atoms with Crippen molar-refractivity contribution in [2.75, 3.05) is 30.3 Å². The topological polar surface area (TPSA) is 97.3 Å². The summed E-state index contributed by atoms with van der Waals surface area (Å²) in [6.07, 6.45) is 0. The summed E-state index contributed by atoms with van der Waals surface area (Å²) in [6.45, 7) is 1.67. The van der Waals surface area contributed by atoms with E-state index < -0.39 is 0 Å². The number of aromatic nitrogens is 2. The third-order valence-electron chi connectivity index (χ3n) is 2.80. The molecule has 7 heteroatoms. The van der Waals surface area contributed by atoms with E-state index in [0.717, 1.165) is 12.2 Å². The number of carbonyl (C=O) groups is 1. The molecule has 0 saturated carbocycles. The van der Waals surface area contributed by atoms with E-state index in [9.17, 15) is 4.79 Å². The number of nitrogens with one attached hydrogen (secondary N) is 1. The Morgan fingerprint density at radius 2 is 2.18 bits per heavy atom. The summed E-state index contributed by atoms with van der Waals surface area (Å²) in [5, 5.41) is 10.4. The minimum atomic E-state index is -0.00215.